The molecule has 0 fully saturated rings. The monoisotopic (exact) mass is 245 g/mol. The molecule has 1 atom stereocenters. The zero-order chi connectivity index (χ0) is 12.8. The molecule has 1 N–H and O–H groups in total. The lowest BCUT2D eigenvalue weighted by Crippen LogP contribution is -2.08. The Balaban J connectivity index is 2.08. The molecule has 0 radical (unpaired) electrons. The van der Waals surface area contributed by atoms with Crippen LogP contribution in [0.15, 0.2) is 47.1 Å². The minimum absolute atomic E-state index is 0.156. The van der Waals surface area contributed by atoms with Crippen LogP contribution in [-0.2, 0) is 11.2 Å². The summed E-state index contributed by atoms with van der Waals surface area (Å²) in [5.74, 6) is 0.941. The number of methoxy groups -OCH3 is 1. The van der Waals surface area contributed by atoms with Crippen LogP contribution in [0.4, 0.5) is 5.69 Å². The molecule has 1 unspecified atom stereocenters. The topological polar surface area (TPSA) is 34.4 Å². The first-order chi connectivity index (χ1) is 8.81. The minimum atomic E-state index is 0.156. The number of para-hydroxylation sites is 1. The summed E-state index contributed by atoms with van der Waals surface area (Å²) in [4.78, 5) is 0. The van der Waals surface area contributed by atoms with Crippen molar-refractivity contribution < 1.29 is 9.15 Å². The van der Waals surface area contributed by atoms with Crippen molar-refractivity contribution in [3.05, 3.63) is 54.0 Å². The van der Waals surface area contributed by atoms with E-state index in [-0.39, 0.29) is 6.04 Å². The normalized spacial score (nSPS) is 12.3. The van der Waals surface area contributed by atoms with Gasteiger partial charge in [0.1, 0.15) is 5.76 Å². The van der Waals surface area contributed by atoms with Crippen LogP contribution >= 0.6 is 0 Å². The van der Waals surface area contributed by atoms with E-state index in [0.717, 1.165) is 24.5 Å². The number of rotatable bonds is 6. The number of benzene rings is 1. The molecule has 18 heavy (non-hydrogen) atoms. The van der Waals surface area contributed by atoms with Gasteiger partial charge in [0.15, 0.2) is 0 Å². The molecule has 1 heterocycles. The van der Waals surface area contributed by atoms with Gasteiger partial charge in [-0.2, -0.15) is 0 Å². The summed E-state index contributed by atoms with van der Waals surface area (Å²) >= 11 is 0. The summed E-state index contributed by atoms with van der Waals surface area (Å²) in [7, 11) is 1.72. The number of hydrogen-bond donors (Lipinski definition) is 1. The van der Waals surface area contributed by atoms with Gasteiger partial charge in [-0.1, -0.05) is 18.2 Å². The number of ether oxygens (including phenoxy) is 1. The standard InChI is InChI=1S/C15H19NO2/c1-12(15-8-5-10-18-15)16-14-7-4-3-6-13(14)9-11-17-2/h3-8,10,12,16H,9,11H2,1-2H3. The fourth-order valence-electron chi connectivity index (χ4n) is 1.93. The van der Waals surface area contributed by atoms with E-state index in [1.54, 1.807) is 13.4 Å². The summed E-state index contributed by atoms with van der Waals surface area (Å²) < 4.78 is 10.5. The van der Waals surface area contributed by atoms with Crippen molar-refractivity contribution in [2.45, 2.75) is 19.4 Å². The van der Waals surface area contributed by atoms with Crippen LogP contribution in [0, 0.1) is 0 Å². The van der Waals surface area contributed by atoms with Gasteiger partial charge in [-0.15, -0.1) is 0 Å². The van der Waals surface area contributed by atoms with Crippen LogP contribution in [0.3, 0.4) is 0 Å². The van der Waals surface area contributed by atoms with Crippen LogP contribution in [-0.4, -0.2) is 13.7 Å². The molecule has 0 aliphatic rings. The first-order valence-electron chi connectivity index (χ1n) is 6.18. The van der Waals surface area contributed by atoms with Gasteiger partial charge >= 0.3 is 0 Å². The van der Waals surface area contributed by atoms with Gasteiger partial charge in [-0.3, -0.25) is 0 Å². The van der Waals surface area contributed by atoms with Crippen LogP contribution in [0.2, 0.25) is 0 Å². The molecule has 96 valence electrons. The van der Waals surface area contributed by atoms with Crippen molar-refractivity contribution in [1.29, 1.82) is 0 Å². The van der Waals surface area contributed by atoms with Gasteiger partial charge in [-0.05, 0) is 37.1 Å². The Labute approximate surface area is 108 Å². The average molecular weight is 245 g/mol. The Bertz CT molecular complexity index is 465. The predicted molar refractivity (Wildman–Crippen MR) is 72.8 cm³/mol. The molecule has 0 saturated heterocycles. The first kappa shape index (κ1) is 12.7. The molecule has 3 nitrogen and oxygen atoms in total. The molecule has 0 amide bonds. The maximum Gasteiger partial charge on any atom is 0.125 e. The molecule has 1 aromatic heterocycles. The van der Waals surface area contributed by atoms with Crippen LogP contribution in [0.25, 0.3) is 0 Å². The van der Waals surface area contributed by atoms with Crippen LogP contribution in [0.1, 0.15) is 24.3 Å². The van der Waals surface area contributed by atoms with Gasteiger partial charge < -0.3 is 14.5 Å². The smallest absolute Gasteiger partial charge is 0.125 e. The molecule has 0 spiro atoms. The van der Waals surface area contributed by atoms with Crippen molar-refractivity contribution in [2.75, 3.05) is 19.0 Å². The molecule has 1 aromatic carbocycles. The highest BCUT2D eigenvalue weighted by Gasteiger charge is 2.09. The lowest BCUT2D eigenvalue weighted by Gasteiger charge is -2.16. The van der Waals surface area contributed by atoms with Crippen molar-refractivity contribution in [3.63, 3.8) is 0 Å². The van der Waals surface area contributed by atoms with E-state index in [4.69, 9.17) is 9.15 Å². The largest absolute Gasteiger partial charge is 0.467 e. The molecule has 0 aliphatic carbocycles. The van der Waals surface area contributed by atoms with E-state index < -0.39 is 0 Å². The zero-order valence-electron chi connectivity index (χ0n) is 10.8. The minimum Gasteiger partial charge on any atom is -0.467 e. The molecule has 0 aliphatic heterocycles. The maximum absolute atomic E-state index is 5.40. The van der Waals surface area contributed by atoms with Crippen molar-refractivity contribution >= 4 is 5.69 Å². The second-order valence-corrected chi connectivity index (χ2v) is 4.28. The van der Waals surface area contributed by atoms with Crippen molar-refractivity contribution in [2.24, 2.45) is 0 Å². The number of furan rings is 1. The Hall–Kier alpha value is -1.74. The van der Waals surface area contributed by atoms with E-state index in [9.17, 15) is 0 Å². The zero-order valence-corrected chi connectivity index (χ0v) is 10.8. The van der Waals surface area contributed by atoms with E-state index in [0.29, 0.717) is 0 Å². The number of hydrogen-bond acceptors (Lipinski definition) is 3. The maximum atomic E-state index is 5.40. The summed E-state index contributed by atoms with van der Waals surface area (Å²) in [5, 5.41) is 3.47. The SMILES string of the molecule is COCCc1ccccc1NC(C)c1ccco1. The second-order valence-electron chi connectivity index (χ2n) is 4.28. The van der Waals surface area contributed by atoms with Crippen molar-refractivity contribution in [3.8, 4) is 0 Å². The molecular formula is C15H19NO2. The predicted octanol–water partition coefficient (Wildman–Crippen LogP) is 3.64. The third-order valence-corrected chi connectivity index (χ3v) is 2.93. The lowest BCUT2D eigenvalue weighted by atomic mass is 10.1. The fourth-order valence-corrected chi connectivity index (χ4v) is 1.93. The van der Waals surface area contributed by atoms with Gasteiger partial charge in [0.25, 0.3) is 0 Å². The summed E-state index contributed by atoms with van der Waals surface area (Å²) in [5.41, 5.74) is 2.40. The third-order valence-electron chi connectivity index (χ3n) is 2.93. The van der Waals surface area contributed by atoms with Crippen LogP contribution < -0.4 is 5.32 Å². The Morgan fingerprint density at radius 3 is 2.78 bits per heavy atom. The van der Waals surface area contributed by atoms with Gasteiger partial charge in [0.2, 0.25) is 0 Å². The first-order valence-corrected chi connectivity index (χ1v) is 6.18. The summed E-state index contributed by atoms with van der Waals surface area (Å²) in [6.07, 6.45) is 2.61. The van der Waals surface area contributed by atoms with Crippen LogP contribution in [0.5, 0.6) is 0 Å². The van der Waals surface area contributed by atoms with Gasteiger partial charge in [0.05, 0.1) is 18.9 Å². The molecule has 0 saturated carbocycles. The Morgan fingerprint density at radius 1 is 1.22 bits per heavy atom. The number of nitrogens with one attached hydrogen (secondary N) is 1. The summed E-state index contributed by atoms with van der Waals surface area (Å²) in [6.45, 7) is 2.82. The molecule has 0 bridgehead atoms. The van der Waals surface area contributed by atoms with Gasteiger partial charge in [-0.25, -0.2) is 0 Å². The van der Waals surface area contributed by atoms with Crippen molar-refractivity contribution in [1.82, 2.24) is 0 Å². The summed E-state index contributed by atoms with van der Waals surface area (Å²) in [6, 6.07) is 12.3. The molecular weight excluding hydrogens is 226 g/mol. The third kappa shape index (κ3) is 3.14. The van der Waals surface area contributed by atoms with E-state index >= 15 is 0 Å². The van der Waals surface area contributed by atoms with E-state index in [2.05, 4.69) is 24.4 Å². The Morgan fingerprint density at radius 2 is 2.06 bits per heavy atom. The molecule has 2 rings (SSSR count). The molecule has 3 heteroatoms. The highest BCUT2D eigenvalue weighted by molar-refractivity contribution is 5.52. The highest BCUT2D eigenvalue weighted by Crippen LogP contribution is 2.23. The Kier molecular flexibility index (Phi) is 4.42. The van der Waals surface area contributed by atoms with Gasteiger partial charge in [0, 0.05) is 12.8 Å². The fraction of sp³-hybridized carbons (Fsp3) is 0.333. The van der Waals surface area contributed by atoms with E-state index in [1.165, 1.54) is 5.56 Å². The second kappa shape index (κ2) is 6.26. The number of anilines is 1. The van der Waals surface area contributed by atoms with E-state index in [1.807, 2.05) is 24.3 Å². The molecule has 2 aromatic rings. The highest BCUT2D eigenvalue weighted by atomic mass is 16.5. The lowest BCUT2D eigenvalue weighted by molar-refractivity contribution is 0.202. The quantitative estimate of drug-likeness (QED) is 0.843. The average Bonchev–Trinajstić information content (AvgIpc) is 2.91.